The van der Waals surface area contributed by atoms with Gasteiger partial charge in [0.1, 0.15) is 5.82 Å². The summed E-state index contributed by atoms with van der Waals surface area (Å²) in [6.07, 6.45) is 3.80. The Morgan fingerprint density at radius 1 is 1.14 bits per heavy atom. The normalized spacial score (nSPS) is 16.5. The first-order valence-electron chi connectivity index (χ1n) is 12.9. The van der Waals surface area contributed by atoms with Crippen molar-refractivity contribution in [2.45, 2.75) is 59.2 Å². The molecule has 2 aliphatic rings. The summed E-state index contributed by atoms with van der Waals surface area (Å²) in [5, 5.41) is 4.91. The molecular formula is C27H36N6O2. The van der Waals surface area contributed by atoms with Gasteiger partial charge in [-0.1, -0.05) is 37.3 Å². The second kappa shape index (κ2) is 10.7. The summed E-state index contributed by atoms with van der Waals surface area (Å²) in [5.74, 6) is 1.07. The predicted octanol–water partition coefficient (Wildman–Crippen LogP) is 3.14. The fourth-order valence-electron chi connectivity index (χ4n) is 5.13. The van der Waals surface area contributed by atoms with Crippen molar-refractivity contribution in [1.82, 2.24) is 29.5 Å². The number of imidazole rings is 1. The Bertz CT molecular complexity index is 1150. The van der Waals surface area contributed by atoms with Crippen LogP contribution in [-0.4, -0.2) is 68.3 Å². The third-order valence-electron chi connectivity index (χ3n) is 7.13. The Labute approximate surface area is 207 Å². The number of amides is 1. The predicted molar refractivity (Wildman–Crippen MR) is 134 cm³/mol. The van der Waals surface area contributed by atoms with Crippen molar-refractivity contribution in [3.63, 3.8) is 0 Å². The number of nitrogens with one attached hydrogen (secondary N) is 1. The van der Waals surface area contributed by atoms with E-state index in [4.69, 9.17) is 14.8 Å². The molecule has 0 spiro atoms. The Hall–Kier alpha value is -2.97. The van der Waals surface area contributed by atoms with Crippen LogP contribution in [0.1, 0.15) is 57.9 Å². The standard InChI is InChI=1S/C27H36N6O2/c1-3-25-28-20(2)23(29-25)19-31-13-11-24-22(18-31)26(27(34)32-14-16-35-17-15-32)30-33(24)12-7-10-21-8-5-4-6-9-21/h4-6,8-9H,3,7,10-19H2,1-2H3,(H,28,29). The van der Waals surface area contributed by atoms with Gasteiger partial charge in [0.25, 0.3) is 5.91 Å². The molecule has 0 radical (unpaired) electrons. The number of fused-ring (bicyclic) bond motifs is 1. The summed E-state index contributed by atoms with van der Waals surface area (Å²) in [5.41, 5.74) is 6.51. The van der Waals surface area contributed by atoms with Crippen molar-refractivity contribution in [3.05, 3.63) is 70.1 Å². The van der Waals surface area contributed by atoms with Gasteiger partial charge >= 0.3 is 0 Å². The summed E-state index contributed by atoms with van der Waals surface area (Å²) in [4.78, 5) is 26.0. The molecule has 2 aromatic heterocycles. The first-order valence-corrected chi connectivity index (χ1v) is 12.9. The zero-order valence-electron chi connectivity index (χ0n) is 20.9. The average Bonchev–Trinajstić information content (AvgIpc) is 3.44. The number of aryl methyl sites for hydroxylation is 4. The van der Waals surface area contributed by atoms with Gasteiger partial charge in [-0.25, -0.2) is 4.98 Å². The molecule has 186 valence electrons. The van der Waals surface area contributed by atoms with Gasteiger partial charge in [-0.2, -0.15) is 5.10 Å². The smallest absolute Gasteiger partial charge is 0.274 e. The van der Waals surface area contributed by atoms with Gasteiger partial charge in [0.2, 0.25) is 0 Å². The molecule has 8 nitrogen and oxygen atoms in total. The highest BCUT2D eigenvalue weighted by atomic mass is 16.5. The molecule has 0 bridgehead atoms. The molecule has 1 saturated heterocycles. The SMILES string of the molecule is CCc1nc(CN2CCc3c(c(C(=O)N4CCOCC4)nn3CCCc3ccccc3)C2)c(C)[nH]1. The van der Waals surface area contributed by atoms with E-state index in [0.717, 1.165) is 74.6 Å². The quantitative estimate of drug-likeness (QED) is 0.540. The van der Waals surface area contributed by atoms with Crippen molar-refractivity contribution < 1.29 is 9.53 Å². The molecule has 0 atom stereocenters. The van der Waals surface area contributed by atoms with E-state index in [2.05, 4.69) is 58.7 Å². The van der Waals surface area contributed by atoms with E-state index >= 15 is 0 Å². The number of aromatic nitrogens is 4. The maximum atomic E-state index is 13.5. The van der Waals surface area contributed by atoms with Gasteiger partial charge in [0, 0.05) is 69.1 Å². The Morgan fingerprint density at radius 2 is 1.94 bits per heavy atom. The summed E-state index contributed by atoms with van der Waals surface area (Å²) in [6, 6.07) is 10.6. The minimum atomic E-state index is 0.0393. The summed E-state index contributed by atoms with van der Waals surface area (Å²) < 4.78 is 7.58. The lowest BCUT2D eigenvalue weighted by Gasteiger charge is -2.29. The second-order valence-corrected chi connectivity index (χ2v) is 9.56. The van der Waals surface area contributed by atoms with Crippen LogP contribution in [0.5, 0.6) is 0 Å². The Morgan fingerprint density at radius 3 is 2.69 bits per heavy atom. The van der Waals surface area contributed by atoms with E-state index in [9.17, 15) is 4.79 Å². The summed E-state index contributed by atoms with van der Waals surface area (Å²) in [6.45, 7) is 9.93. The average molecular weight is 477 g/mol. The van der Waals surface area contributed by atoms with Crippen LogP contribution in [0.15, 0.2) is 30.3 Å². The molecule has 1 fully saturated rings. The second-order valence-electron chi connectivity index (χ2n) is 9.56. The van der Waals surface area contributed by atoms with E-state index in [0.29, 0.717) is 32.0 Å². The fourth-order valence-corrected chi connectivity index (χ4v) is 5.13. The molecule has 0 unspecified atom stereocenters. The lowest BCUT2D eigenvalue weighted by molar-refractivity contribution is 0.0297. The number of hydrogen-bond acceptors (Lipinski definition) is 5. The van der Waals surface area contributed by atoms with Crippen molar-refractivity contribution >= 4 is 5.91 Å². The molecule has 1 aromatic carbocycles. The van der Waals surface area contributed by atoms with Crippen LogP contribution in [0, 0.1) is 6.92 Å². The van der Waals surface area contributed by atoms with E-state index < -0.39 is 0 Å². The Balaban J connectivity index is 1.36. The monoisotopic (exact) mass is 476 g/mol. The van der Waals surface area contributed by atoms with Crippen LogP contribution in [0.3, 0.4) is 0 Å². The zero-order chi connectivity index (χ0) is 24.2. The number of aromatic amines is 1. The van der Waals surface area contributed by atoms with Gasteiger partial charge in [-0.15, -0.1) is 0 Å². The van der Waals surface area contributed by atoms with Crippen LogP contribution in [-0.2, 0) is 43.6 Å². The topological polar surface area (TPSA) is 79.3 Å². The highest BCUT2D eigenvalue weighted by Gasteiger charge is 2.31. The largest absolute Gasteiger partial charge is 0.378 e. The number of carbonyl (C=O) groups is 1. The van der Waals surface area contributed by atoms with Crippen LogP contribution in [0.25, 0.3) is 0 Å². The van der Waals surface area contributed by atoms with E-state index in [1.807, 2.05) is 4.90 Å². The minimum Gasteiger partial charge on any atom is -0.378 e. The number of hydrogen-bond donors (Lipinski definition) is 1. The molecule has 5 rings (SSSR count). The molecule has 0 saturated carbocycles. The van der Waals surface area contributed by atoms with E-state index in [-0.39, 0.29) is 5.91 Å². The number of H-pyrrole nitrogens is 1. The molecule has 35 heavy (non-hydrogen) atoms. The molecule has 8 heteroatoms. The van der Waals surface area contributed by atoms with Crippen molar-refractivity contribution in [2.24, 2.45) is 0 Å². The van der Waals surface area contributed by atoms with Gasteiger partial charge in [-0.05, 0) is 25.3 Å². The van der Waals surface area contributed by atoms with E-state index in [1.54, 1.807) is 0 Å². The van der Waals surface area contributed by atoms with Crippen LogP contribution >= 0.6 is 0 Å². The molecule has 1 N–H and O–H groups in total. The van der Waals surface area contributed by atoms with Crippen molar-refractivity contribution in [2.75, 3.05) is 32.8 Å². The molecule has 2 aliphatic heterocycles. The summed E-state index contributed by atoms with van der Waals surface area (Å²) >= 11 is 0. The lowest BCUT2D eigenvalue weighted by Crippen LogP contribution is -2.41. The van der Waals surface area contributed by atoms with Gasteiger partial charge in [0.05, 0.1) is 18.9 Å². The van der Waals surface area contributed by atoms with Crippen LogP contribution in [0.4, 0.5) is 0 Å². The highest BCUT2D eigenvalue weighted by Crippen LogP contribution is 2.26. The first-order chi connectivity index (χ1) is 17.1. The molecular weight excluding hydrogens is 440 g/mol. The van der Waals surface area contributed by atoms with Crippen LogP contribution < -0.4 is 0 Å². The number of benzene rings is 1. The fraction of sp³-hybridized carbons (Fsp3) is 0.519. The molecule has 4 heterocycles. The third kappa shape index (κ3) is 5.33. The minimum absolute atomic E-state index is 0.0393. The molecule has 1 amide bonds. The maximum Gasteiger partial charge on any atom is 0.274 e. The van der Waals surface area contributed by atoms with Crippen LogP contribution in [0.2, 0.25) is 0 Å². The van der Waals surface area contributed by atoms with Crippen molar-refractivity contribution in [3.8, 4) is 0 Å². The van der Waals surface area contributed by atoms with Gasteiger partial charge in [0.15, 0.2) is 5.69 Å². The van der Waals surface area contributed by atoms with Gasteiger partial charge in [-0.3, -0.25) is 14.4 Å². The Kier molecular flexibility index (Phi) is 7.29. The summed E-state index contributed by atoms with van der Waals surface area (Å²) in [7, 11) is 0. The molecule has 0 aliphatic carbocycles. The van der Waals surface area contributed by atoms with Crippen molar-refractivity contribution in [1.29, 1.82) is 0 Å². The number of rotatable bonds is 8. The number of ether oxygens (including phenoxy) is 1. The highest BCUT2D eigenvalue weighted by molar-refractivity contribution is 5.94. The number of morpholine rings is 1. The first kappa shape index (κ1) is 23.8. The lowest BCUT2D eigenvalue weighted by atomic mass is 10.0. The zero-order valence-corrected chi connectivity index (χ0v) is 20.9. The number of carbonyl (C=O) groups excluding carboxylic acids is 1. The third-order valence-corrected chi connectivity index (χ3v) is 7.13. The van der Waals surface area contributed by atoms with Gasteiger partial charge < -0.3 is 14.6 Å². The van der Waals surface area contributed by atoms with E-state index in [1.165, 1.54) is 11.3 Å². The molecule has 3 aromatic rings. The number of nitrogens with zero attached hydrogens (tertiary/aromatic N) is 5. The maximum absolute atomic E-state index is 13.5.